The van der Waals surface area contributed by atoms with E-state index < -0.39 is 5.41 Å². The van der Waals surface area contributed by atoms with Crippen molar-refractivity contribution in [2.24, 2.45) is 16.2 Å². The van der Waals surface area contributed by atoms with E-state index in [2.05, 4.69) is 19.2 Å². The van der Waals surface area contributed by atoms with Crippen molar-refractivity contribution in [3.05, 3.63) is 23.8 Å². The molecule has 1 aromatic carbocycles. The summed E-state index contributed by atoms with van der Waals surface area (Å²) in [6.07, 6.45) is 1.90. The molecule has 0 saturated heterocycles. The van der Waals surface area contributed by atoms with Crippen LogP contribution in [0.3, 0.4) is 0 Å². The molecule has 23 heavy (non-hydrogen) atoms. The maximum atomic E-state index is 13.2. The fraction of sp³-hybridized carbons (Fsp3) is 0.579. The number of rotatable bonds is 3. The Labute approximate surface area is 137 Å². The number of ketones is 1. The largest absolute Gasteiger partial charge is 0.495 e. The van der Waals surface area contributed by atoms with Gasteiger partial charge in [0.2, 0.25) is 5.91 Å². The van der Waals surface area contributed by atoms with Crippen LogP contribution in [0.2, 0.25) is 0 Å². The van der Waals surface area contributed by atoms with Crippen LogP contribution in [0.4, 0.5) is 5.69 Å². The molecule has 2 aliphatic carbocycles. The van der Waals surface area contributed by atoms with Gasteiger partial charge in [-0.3, -0.25) is 9.59 Å². The minimum atomic E-state index is -0.617. The maximum absolute atomic E-state index is 13.2. The van der Waals surface area contributed by atoms with Crippen LogP contribution < -0.4 is 10.1 Å². The number of anilines is 1. The van der Waals surface area contributed by atoms with Crippen molar-refractivity contribution in [3.63, 3.8) is 0 Å². The van der Waals surface area contributed by atoms with Crippen molar-refractivity contribution in [2.75, 3.05) is 12.4 Å². The number of benzene rings is 1. The average Bonchev–Trinajstić information content (AvgIpc) is 2.78. The molecule has 1 amide bonds. The lowest BCUT2D eigenvalue weighted by atomic mass is 9.64. The van der Waals surface area contributed by atoms with Gasteiger partial charge >= 0.3 is 0 Å². The lowest BCUT2D eigenvalue weighted by Crippen LogP contribution is -2.43. The van der Waals surface area contributed by atoms with Crippen LogP contribution in [-0.4, -0.2) is 18.8 Å². The summed E-state index contributed by atoms with van der Waals surface area (Å²) < 4.78 is 5.35. The van der Waals surface area contributed by atoms with E-state index in [0.29, 0.717) is 17.9 Å². The Balaban J connectivity index is 1.96. The predicted molar refractivity (Wildman–Crippen MR) is 89.5 cm³/mol. The molecule has 4 heteroatoms. The second kappa shape index (κ2) is 4.83. The molecule has 0 aromatic heterocycles. The zero-order valence-corrected chi connectivity index (χ0v) is 14.6. The Hall–Kier alpha value is -1.84. The van der Waals surface area contributed by atoms with Crippen LogP contribution >= 0.6 is 0 Å². The fourth-order valence-corrected chi connectivity index (χ4v) is 4.52. The number of amides is 1. The molecular weight excluding hydrogens is 290 g/mol. The molecule has 124 valence electrons. The molecule has 0 spiro atoms. The number of ether oxygens (including phenoxy) is 1. The zero-order chi connectivity index (χ0) is 17.0. The first-order chi connectivity index (χ1) is 10.7. The van der Waals surface area contributed by atoms with Crippen LogP contribution in [-0.2, 0) is 9.59 Å². The summed E-state index contributed by atoms with van der Waals surface area (Å²) in [6, 6.07) is 5.71. The maximum Gasteiger partial charge on any atom is 0.231 e. The lowest BCUT2D eigenvalue weighted by Gasteiger charge is -2.38. The minimum absolute atomic E-state index is 0.0547. The number of hydrogen-bond donors (Lipinski definition) is 1. The average molecular weight is 315 g/mol. The van der Waals surface area contributed by atoms with Gasteiger partial charge < -0.3 is 10.1 Å². The smallest absolute Gasteiger partial charge is 0.231 e. The zero-order valence-electron chi connectivity index (χ0n) is 14.6. The van der Waals surface area contributed by atoms with E-state index >= 15 is 0 Å². The van der Waals surface area contributed by atoms with Gasteiger partial charge in [-0.25, -0.2) is 0 Å². The molecule has 0 radical (unpaired) electrons. The topological polar surface area (TPSA) is 55.4 Å². The van der Waals surface area contributed by atoms with Gasteiger partial charge in [0.25, 0.3) is 0 Å². The van der Waals surface area contributed by atoms with Crippen molar-refractivity contribution in [2.45, 2.75) is 47.0 Å². The lowest BCUT2D eigenvalue weighted by molar-refractivity contribution is -0.131. The van der Waals surface area contributed by atoms with E-state index in [-0.39, 0.29) is 22.5 Å². The summed E-state index contributed by atoms with van der Waals surface area (Å²) in [4.78, 5) is 25.7. The van der Waals surface area contributed by atoms with E-state index in [1.165, 1.54) is 0 Å². The van der Waals surface area contributed by atoms with Crippen LogP contribution in [0, 0.1) is 23.2 Å². The van der Waals surface area contributed by atoms with Gasteiger partial charge in [0.05, 0.1) is 18.2 Å². The summed E-state index contributed by atoms with van der Waals surface area (Å²) in [5.41, 5.74) is 0.389. The Kier molecular flexibility index (Phi) is 3.36. The molecule has 0 aliphatic heterocycles. The van der Waals surface area contributed by atoms with Gasteiger partial charge in [0.15, 0.2) is 0 Å². The van der Waals surface area contributed by atoms with Crippen molar-refractivity contribution in [3.8, 4) is 5.75 Å². The summed E-state index contributed by atoms with van der Waals surface area (Å²) in [5.74, 6) is 0.810. The van der Waals surface area contributed by atoms with Gasteiger partial charge in [-0.15, -0.1) is 0 Å². The first-order valence-electron chi connectivity index (χ1n) is 8.17. The first-order valence-corrected chi connectivity index (χ1v) is 8.17. The highest BCUT2D eigenvalue weighted by atomic mass is 16.5. The summed E-state index contributed by atoms with van der Waals surface area (Å²) >= 11 is 0. The van der Waals surface area contributed by atoms with Crippen LogP contribution in [0.1, 0.15) is 45.6 Å². The Bertz CT molecular complexity index is 694. The monoisotopic (exact) mass is 315 g/mol. The minimum Gasteiger partial charge on any atom is -0.495 e. The molecule has 2 aliphatic rings. The van der Waals surface area contributed by atoms with E-state index in [4.69, 9.17) is 4.74 Å². The number of carbonyl (C=O) groups excluding carboxylic acids is 2. The molecular formula is C19H25NO3. The number of carbonyl (C=O) groups is 2. The van der Waals surface area contributed by atoms with E-state index in [0.717, 1.165) is 18.4 Å². The van der Waals surface area contributed by atoms with E-state index in [1.54, 1.807) is 7.11 Å². The number of aryl methyl sites for hydroxylation is 1. The Morgan fingerprint density at radius 2 is 1.91 bits per heavy atom. The summed E-state index contributed by atoms with van der Waals surface area (Å²) in [6.45, 7) is 8.13. The molecule has 3 rings (SSSR count). The SMILES string of the molecule is COc1ccc(C)cc1NC(=O)[C@]12CC[C@](C)(C(=O)C1)C2(C)C. The second-order valence-electron chi connectivity index (χ2n) is 7.80. The van der Waals surface area contributed by atoms with Crippen molar-refractivity contribution >= 4 is 17.4 Å². The highest BCUT2D eigenvalue weighted by molar-refractivity contribution is 6.05. The first kappa shape index (κ1) is 16.0. The highest BCUT2D eigenvalue weighted by Gasteiger charge is 2.72. The third kappa shape index (κ3) is 1.90. The fourth-order valence-electron chi connectivity index (χ4n) is 4.52. The quantitative estimate of drug-likeness (QED) is 0.924. The van der Waals surface area contributed by atoms with Gasteiger partial charge in [-0.05, 0) is 42.9 Å². The van der Waals surface area contributed by atoms with Gasteiger partial charge in [0, 0.05) is 11.8 Å². The molecule has 4 nitrogen and oxygen atoms in total. The summed E-state index contributed by atoms with van der Waals surface area (Å²) in [5, 5.41) is 3.04. The normalized spacial score (nSPS) is 31.3. The van der Waals surface area contributed by atoms with Crippen LogP contribution in [0.15, 0.2) is 18.2 Å². The van der Waals surface area contributed by atoms with Crippen LogP contribution in [0.5, 0.6) is 5.75 Å². The number of fused-ring (bicyclic) bond motifs is 2. The van der Waals surface area contributed by atoms with E-state index in [9.17, 15) is 9.59 Å². The third-order valence-electron chi connectivity index (χ3n) is 6.74. The van der Waals surface area contributed by atoms with Gasteiger partial charge in [0.1, 0.15) is 11.5 Å². The van der Waals surface area contributed by atoms with Crippen molar-refractivity contribution in [1.29, 1.82) is 0 Å². The highest BCUT2D eigenvalue weighted by Crippen LogP contribution is 2.70. The standard InChI is InChI=1S/C19H25NO3/c1-12-6-7-14(23-5)13(10-12)20-16(22)19-9-8-18(4,15(21)11-19)17(19,2)3/h6-7,10H,8-9,11H2,1-5H3,(H,20,22)/t18-,19+/m1/s1. The molecule has 0 heterocycles. The molecule has 2 fully saturated rings. The Morgan fingerprint density at radius 1 is 1.22 bits per heavy atom. The second-order valence-corrected chi connectivity index (χ2v) is 7.80. The van der Waals surface area contributed by atoms with Gasteiger partial charge in [-0.2, -0.15) is 0 Å². The third-order valence-corrected chi connectivity index (χ3v) is 6.74. The van der Waals surface area contributed by atoms with Crippen molar-refractivity contribution < 1.29 is 14.3 Å². The van der Waals surface area contributed by atoms with E-state index in [1.807, 2.05) is 32.0 Å². The van der Waals surface area contributed by atoms with Crippen LogP contribution in [0.25, 0.3) is 0 Å². The predicted octanol–water partition coefficient (Wildman–Crippen LogP) is 3.73. The number of Topliss-reactive ketones (excluding diaryl/α,β-unsaturated/α-hetero) is 1. The summed E-state index contributed by atoms with van der Waals surface area (Å²) in [7, 11) is 1.59. The van der Waals surface area contributed by atoms with Crippen molar-refractivity contribution in [1.82, 2.24) is 0 Å². The number of hydrogen-bond acceptors (Lipinski definition) is 3. The Morgan fingerprint density at radius 3 is 2.43 bits per heavy atom. The van der Waals surface area contributed by atoms with Gasteiger partial charge in [-0.1, -0.05) is 26.8 Å². The molecule has 2 atom stereocenters. The molecule has 2 saturated carbocycles. The molecule has 1 aromatic rings. The molecule has 0 unspecified atom stereocenters. The number of nitrogens with one attached hydrogen (secondary N) is 1. The number of methoxy groups -OCH3 is 1. The molecule has 2 bridgehead atoms. The molecule has 1 N–H and O–H groups in total.